The Balaban J connectivity index is 1.58. The highest BCUT2D eigenvalue weighted by Gasteiger charge is 2.24. The predicted octanol–water partition coefficient (Wildman–Crippen LogP) is 1.10. The van der Waals surface area contributed by atoms with Crippen LogP contribution in [0, 0.1) is 0 Å². The molecule has 2 atom stereocenters. The Hall–Kier alpha value is -3.47. The molecule has 0 spiro atoms. The molecule has 4 N–H and O–H groups in total. The van der Waals surface area contributed by atoms with E-state index in [1.54, 1.807) is 33.5 Å². The molecule has 0 unspecified atom stereocenters. The Labute approximate surface area is 179 Å². The second-order valence-corrected chi connectivity index (χ2v) is 8.06. The zero-order valence-electron chi connectivity index (χ0n) is 17.9. The summed E-state index contributed by atoms with van der Waals surface area (Å²) in [7, 11) is 4.95. The van der Waals surface area contributed by atoms with Crippen LogP contribution >= 0.6 is 0 Å². The molecular formula is C20H27N9O2. The number of aryl methyl sites for hydroxylation is 1. The number of carbonyl (C=O) groups is 2. The third-order valence-electron chi connectivity index (χ3n) is 5.45. The van der Waals surface area contributed by atoms with E-state index < -0.39 is 5.91 Å². The summed E-state index contributed by atoms with van der Waals surface area (Å²) in [6, 6.07) is 2.05. The SMILES string of the molecule is CN(C)C(=O)c1nn(C)cc1NC(=O)c1cnn2ccc(N[C@@H]3CCCC[C@@H]3N)nc12. The summed E-state index contributed by atoms with van der Waals surface area (Å²) in [6.07, 6.45) is 9.05. The second kappa shape index (κ2) is 8.34. The number of nitrogens with two attached hydrogens (primary N) is 1. The molecule has 4 rings (SSSR count). The van der Waals surface area contributed by atoms with Crippen molar-refractivity contribution in [3.05, 3.63) is 35.9 Å². The molecule has 164 valence electrons. The predicted molar refractivity (Wildman–Crippen MR) is 116 cm³/mol. The largest absolute Gasteiger partial charge is 0.366 e. The van der Waals surface area contributed by atoms with E-state index in [0.29, 0.717) is 22.7 Å². The molecule has 1 aliphatic carbocycles. The van der Waals surface area contributed by atoms with Gasteiger partial charge in [-0.1, -0.05) is 12.8 Å². The third-order valence-corrected chi connectivity index (χ3v) is 5.45. The van der Waals surface area contributed by atoms with Crippen molar-refractivity contribution < 1.29 is 9.59 Å². The summed E-state index contributed by atoms with van der Waals surface area (Å²) in [5, 5.41) is 14.5. The van der Waals surface area contributed by atoms with Crippen LogP contribution in [0.2, 0.25) is 0 Å². The Morgan fingerprint density at radius 2 is 2.03 bits per heavy atom. The Bertz CT molecular complexity index is 1120. The molecule has 3 aromatic rings. The maximum atomic E-state index is 13.0. The fourth-order valence-electron chi connectivity index (χ4n) is 3.78. The maximum Gasteiger partial charge on any atom is 0.276 e. The highest BCUT2D eigenvalue weighted by molar-refractivity contribution is 6.10. The van der Waals surface area contributed by atoms with Crippen LogP contribution in [0.5, 0.6) is 0 Å². The number of fused-ring (bicyclic) bond motifs is 1. The van der Waals surface area contributed by atoms with Crippen molar-refractivity contribution in [1.29, 1.82) is 0 Å². The quantitative estimate of drug-likeness (QED) is 0.557. The van der Waals surface area contributed by atoms with Crippen molar-refractivity contribution in [3.63, 3.8) is 0 Å². The molecule has 3 aromatic heterocycles. The fraction of sp³-hybridized carbons (Fsp3) is 0.450. The van der Waals surface area contributed by atoms with E-state index in [1.807, 2.05) is 6.07 Å². The summed E-state index contributed by atoms with van der Waals surface area (Å²) >= 11 is 0. The van der Waals surface area contributed by atoms with E-state index in [0.717, 1.165) is 25.7 Å². The zero-order chi connectivity index (χ0) is 22.1. The van der Waals surface area contributed by atoms with Crippen LogP contribution in [0.1, 0.15) is 46.5 Å². The van der Waals surface area contributed by atoms with Crippen LogP contribution < -0.4 is 16.4 Å². The van der Waals surface area contributed by atoms with E-state index in [9.17, 15) is 9.59 Å². The van der Waals surface area contributed by atoms with Gasteiger partial charge in [0.2, 0.25) is 0 Å². The molecule has 1 fully saturated rings. The first-order valence-corrected chi connectivity index (χ1v) is 10.3. The third kappa shape index (κ3) is 4.22. The van der Waals surface area contributed by atoms with Gasteiger partial charge in [0.15, 0.2) is 11.3 Å². The molecule has 0 saturated heterocycles. The van der Waals surface area contributed by atoms with Gasteiger partial charge in [0.25, 0.3) is 11.8 Å². The number of aromatic nitrogens is 5. The van der Waals surface area contributed by atoms with Crippen LogP contribution in [0.3, 0.4) is 0 Å². The fourth-order valence-corrected chi connectivity index (χ4v) is 3.78. The van der Waals surface area contributed by atoms with E-state index in [2.05, 4.69) is 25.8 Å². The molecule has 31 heavy (non-hydrogen) atoms. The minimum atomic E-state index is -0.421. The lowest BCUT2D eigenvalue weighted by molar-refractivity contribution is 0.0822. The van der Waals surface area contributed by atoms with Gasteiger partial charge in [-0.05, 0) is 18.9 Å². The van der Waals surface area contributed by atoms with Crippen LogP contribution in [0.15, 0.2) is 24.7 Å². The van der Waals surface area contributed by atoms with Gasteiger partial charge in [0.1, 0.15) is 11.4 Å². The second-order valence-electron chi connectivity index (χ2n) is 8.06. The van der Waals surface area contributed by atoms with Crippen LogP contribution in [0.25, 0.3) is 5.65 Å². The van der Waals surface area contributed by atoms with Gasteiger partial charge in [-0.2, -0.15) is 10.2 Å². The number of rotatable bonds is 5. The van der Waals surface area contributed by atoms with Gasteiger partial charge < -0.3 is 21.3 Å². The standard InChI is InChI=1S/C20H27N9O2/c1-27(2)20(31)17-15(11-28(3)26-17)24-19(30)12-10-22-29-9-8-16(25-18(12)29)23-14-7-5-4-6-13(14)21/h8-11,13-14H,4-7,21H2,1-3H3,(H,23,25)(H,24,30)/t13-,14+/m0/s1. The van der Waals surface area contributed by atoms with Crippen LogP contribution in [-0.4, -0.2) is 67.3 Å². The number of carbonyl (C=O) groups excluding carboxylic acids is 2. The normalized spacial score (nSPS) is 18.7. The molecule has 2 amide bonds. The minimum Gasteiger partial charge on any atom is -0.366 e. The average molecular weight is 425 g/mol. The summed E-state index contributed by atoms with van der Waals surface area (Å²) in [5.74, 6) is -0.0757. The molecule has 11 nitrogen and oxygen atoms in total. The van der Waals surface area contributed by atoms with Crippen LogP contribution in [0.4, 0.5) is 11.5 Å². The smallest absolute Gasteiger partial charge is 0.276 e. The van der Waals surface area contributed by atoms with Gasteiger partial charge in [0, 0.05) is 45.6 Å². The van der Waals surface area contributed by atoms with E-state index in [4.69, 9.17) is 5.73 Å². The monoisotopic (exact) mass is 425 g/mol. The van der Waals surface area contributed by atoms with E-state index in [1.165, 1.54) is 20.3 Å². The Morgan fingerprint density at radius 3 is 2.77 bits per heavy atom. The summed E-state index contributed by atoms with van der Waals surface area (Å²) in [6.45, 7) is 0. The molecule has 0 aliphatic heterocycles. The number of hydrogen-bond acceptors (Lipinski definition) is 7. The number of nitrogens with zero attached hydrogens (tertiary/aromatic N) is 6. The minimum absolute atomic E-state index is 0.0812. The topological polar surface area (TPSA) is 135 Å². The van der Waals surface area contributed by atoms with Crippen molar-refractivity contribution in [2.75, 3.05) is 24.7 Å². The average Bonchev–Trinajstić information content (AvgIpc) is 3.32. The van der Waals surface area contributed by atoms with Gasteiger partial charge >= 0.3 is 0 Å². The first-order valence-electron chi connectivity index (χ1n) is 10.3. The number of anilines is 2. The molecule has 11 heteroatoms. The maximum absolute atomic E-state index is 13.0. The molecule has 0 bridgehead atoms. The summed E-state index contributed by atoms with van der Waals surface area (Å²) in [4.78, 5) is 31.4. The highest BCUT2D eigenvalue weighted by Crippen LogP contribution is 2.22. The molecule has 3 heterocycles. The summed E-state index contributed by atoms with van der Waals surface area (Å²) in [5.41, 5.74) is 7.44. The van der Waals surface area contributed by atoms with Gasteiger partial charge in [-0.3, -0.25) is 14.3 Å². The Morgan fingerprint density at radius 1 is 1.26 bits per heavy atom. The summed E-state index contributed by atoms with van der Waals surface area (Å²) < 4.78 is 3.02. The molecule has 0 aromatic carbocycles. The van der Waals surface area contributed by atoms with Crippen molar-refractivity contribution in [1.82, 2.24) is 29.3 Å². The van der Waals surface area contributed by atoms with Crippen molar-refractivity contribution in [2.45, 2.75) is 37.8 Å². The molecule has 1 aliphatic rings. The number of nitrogens with one attached hydrogen (secondary N) is 2. The van der Waals surface area contributed by atoms with E-state index >= 15 is 0 Å². The van der Waals surface area contributed by atoms with Gasteiger partial charge in [0.05, 0.1) is 11.9 Å². The zero-order valence-corrected chi connectivity index (χ0v) is 17.9. The molecule has 1 saturated carbocycles. The lowest BCUT2D eigenvalue weighted by Gasteiger charge is -2.29. The van der Waals surface area contributed by atoms with Crippen LogP contribution in [-0.2, 0) is 7.05 Å². The molecule has 0 radical (unpaired) electrons. The first-order chi connectivity index (χ1) is 14.8. The molecular weight excluding hydrogens is 398 g/mol. The first kappa shape index (κ1) is 20.8. The van der Waals surface area contributed by atoms with Crippen molar-refractivity contribution in [2.24, 2.45) is 12.8 Å². The van der Waals surface area contributed by atoms with Crippen molar-refractivity contribution in [3.8, 4) is 0 Å². The van der Waals surface area contributed by atoms with E-state index in [-0.39, 0.29) is 23.7 Å². The van der Waals surface area contributed by atoms with Gasteiger partial charge in [-0.15, -0.1) is 0 Å². The Kier molecular flexibility index (Phi) is 5.59. The van der Waals surface area contributed by atoms with Gasteiger partial charge in [-0.25, -0.2) is 9.50 Å². The van der Waals surface area contributed by atoms with Crippen molar-refractivity contribution >= 4 is 29.0 Å². The number of hydrogen-bond donors (Lipinski definition) is 3. The number of amides is 2. The lowest BCUT2D eigenvalue weighted by atomic mass is 9.91. The lowest BCUT2D eigenvalue weighted by Crippen LogP contribution is -2.42. The highest BCUT2D eigenvalue weighted by atomic mass is 16.2.